The van der Waals surface area contributed by atoms with E-state index in [2.05, 4.69) is 10.0 Å². The molecule has 0 bridgehead atoms. The molecular formula is C23H20N2O5S. The van der Waals surface area contributed by atoms with Crippen LogP contribution in [0.2, 0.25) is 0 Å². The summed E-state index contributed by atoms with van der Waals surface area (Å²) in [5.41, 5.74) is 1.98. The topological polar surface area (TPSA) is 97.6 Å². The largest absolute Gasteiger partial charge is 0.497 e. The molecule has 0 aliphatic heterocycles. The van der Waals surface area contributed by atoms with Crippen LogP contribution in [0.15, 0.2) is 88.4 Å². The van der Waals surface area contributed by atoms with Crippen molar-refractivity contribution in [2.24, 2.45) is 0 Å². The number of anilines is 2. The molecule has 0 fully saturated rings. The van der Waals surface area contributed by atoms with Crippen molar-refractivity contribution in [1.82, 2.24) is 0 Å². The first-order chi connectivity index (χ1) is 15.0. The highest BCUT2D eigenvalue weighted by molar-refractivity contribution is 7.92. The quantitative estimate of drug-likeness (QED) is 0.447. The van der Waals surface area contributed by atoms with E-state index in [4.69, 9.17) is 9.15 Å². The van der Waals surface area contributed by atoms with Crippen molar-refractivity contribution >= 4 is 38.3 Å². The average Bonchev–Trinajstić information content (AvgIpc) is 3.17. The molecule has 0 aliphatic carbocycles. The van der Waals surface area contributed by atoms with Gasteiger partial charge >= 0.3 is 0 Å². The van der Waals surface area contributed by atoms with E-state index in [1.165, 1.54) is 18.4 Å². The predicted octanol–water partition coefficient (Wildman–Crippen LogP) is 4.42. The van der Waals surface area contributed by atoms with Crippen molar-refractivity contribution in [2.75, 3.05) is 17.1 Å². The number of hydrogen-bond acceptors (Lipinski definition) is 5. The summed E-state index contributed by atoms with van der Waals surface area (Å²) >= 11 is 0. The maximum atomic E-state index is 12.7. The zero-order chi connectivity index (χ0) is 21.8. The number of furan rings is 1. The maximum Gasteiger partial charge on any atom is 0.261 e. The van der Waals surface area contributed by atoms with Gasteiger partial charge in [-0.15, -0.1) is 0 Å². The van der Waals surface area contributed by atoms with E-state index in [-0.39, 0.29) is 22.9 Å². The highest BCUT2D eigenvalue weighted by Gasteiger charge is 2.17. The monoisotopic (exact) mass is 436 g/mol. The highest BCUT2D eigenvalue weighted by Crippen LogP contribution is 2.27. The molecule has 0 saturated carbocycles. The van der Waals surface area contributed by atoms with Gasteiger partial charge in [0.15, 0.2) is 0 Å². The molecule has 4 aromatic rings. The van der Waals surface area contributed by atoms with Gasteiger partial charge in [0.1, 0.15) is 11.3 Å². The van der Waals surface area contributed by atoms with Gasteiger partial charge in [-0.05, 0) is 36.4 Å². The number of carbonyl (C=O) groups is 1. The van der Waals surface area contributed by atoms with Crippen LogP contribution in [0.4, 0.5) is 11.4 Å². The number of rotatable bonds is 7. The lowest BCUT2D eigenvalue weighted by Gasteiger charge is -2.13. The molecule has 1 aromatic heterocycles. The minimum atomic E-state index is -3.79. The summed E-state index contributed by atoms with van der Waals surface area (Å²) in [6.07, 6.45) is 1.60. The summed E-state index contributed by atoms with van der Waals surface area (Å²) in [5.74, 6) is 0.363. The first-order valence-electron chi connectivity index (χ1n) is 9.47. The van der Waals surface area contributed by atoms with Crippen LogP contribution in [-0.2, 0) is 21.2 Å². The third-order valence-corrected chi connectivity index (χ3v) is 6.09. The third-order valence-electron chi connectivity index (χ3n) is 4.71. The second-order valence-corrected chi connectivity index (χ2v) is 8.49. The van der Waals surface area contributed by atoms with E-state index in [0.717, 1.165) is 10.9 Å². The minimum Gasteiger partial charge on any atom is -0.497 e. The van der Waals surface area contributed by atoms with Gasteiger partial charge in [-0.25, -0.2) is 8.42 Å². The van der Waals surface area contributed by atoms with Gasteiger partial charge in [-0.3, -0.25) is 9.52 Å². The first-order valence-corrected chi connectivity index (χ1v) is 11.0. The maximum absolute atomic E-state index is 12.7. The molecule has 31 heavy (non-hydrogen) atoms. The molecule has 158 valence electrons. The van der Waals surface area contributed by atoms with E-state index in [9.17, 15) is 13.2 Å². The van der Waals surface area contributed by atoms with Crippen molar-refractivity contribution in [1.29, 1.82) is 0 Å². The van der Waals surface area contributed by atoms with Crippen LogP contribution in [0.3, 0.4) is 0 Å². The van der Waals surface area contributed by atoms with Gasteiger partial charge in [0.25, 0.3) is 10.0 Å². The normalized spacial score (nSPS) is 11.3. The summed E-state index contributed by atoms with van der Waals surface area (Å²) in [7, 11) is -2.21. The van der Waals surface area contributed by atoms with E-state index >= 15 is 0 Å². The predicted molar refractivity (Wildman–Crippen MR) is 119 cm³/mol. The number of fused-ring (bicyclic) bond motifs is 1. The Balaban J connectivity index is 1.52. The van der Waals surface area contributed by atoms with Crippen molar-refractivity contribution < 1.29 is 22.4 Å². The van der Waals surface area contributed by atoms with Gasteiger partial charge in [0, 0.05) is 17.0 Å². The Labute approximate surface area is 179 Å². The highest BCUT2D eigenvalue weighted by atomic mass is 32.2. The molecule has 0 atom stereocenters. The van der Waals surface area contributed by atoms with Crippen LogP contribution < -0.4 is 14.8 Å². The Morgan fingerprint density at radius 2 is 1.68 bits per heavy atom. The SMILES string of the molecule is COc1ccc2c(CC(=O)Nc3ccccc3NS(=O)(=O)c3ccccc3)coc2c1. The zero-order valence-electron chi connectivity index (χ0n) is 16.7. The molecule has 2 N–H and O–H groups in total. The molecule has 1 heterocycles. The van der Waals surface area contributed by atoms with Gasteiger partial charge in [0.2, 0.25) is 5.91 Å². The summed E-state index contributed by atoms with van der Waals surface area (Å²) in [5, 5.41) is 3.59. The number of ether oxygens (including phenoxy) is 1. The van der Waals surface area contributed by atoms with Crippen molar-refractivity contribution in [3.63, 3.8) is 0 Å². The van der Waals surface area contributed by atoms with Crippen LogP contribution in [-0.4, -0.2) is 21.4 Å². The van der Waals surface area contributed by atoms with Gasteiger partial charge in [-0.1, -0.05) is 30.3 Å². The smallest absolute Gasteiger partial charge is 0.261 e. The Morgan fingerprint density at radius 3 is 2.42 bits per heavy atom. The lowest BCUT2D eigenvalue weighted by atomic mass is 10.1. The molecule has 0 radical (unpaired) electrons. The fraction of sp³-hybridized carbons (Fsp3) is 0.0870. The molecule has 7 nitrogen and oxygen atoms in total. The summed E-state index contributed by atoms with van der Waals surface area (Å²) in [6.45, 7) is 0. The molecule has 0 spiro atoms. The van der Waals surface area contributed by atoms with Crippen LogP contribution in [0.5, 0.6) is 5.75 Å². The Morgan fingerprint density at radius 1 is 0.968 bits per heavy atom. The lowest BCUT2D eigenvalue weighted by molar-refractivity contribution is -0.115. The lowest BCUT2D eigenvalue weighted by Crippen LogP contribution is -2.18. The standard InChI is InChI=1S/C23H20N2O5S/c1-29-17-11-12-19-16(15-30-22(19)14-17)13-23(26)24-20-9-5-6-10-21(20)25-31(27,28)18-7-3-2-4-8-18/h2-12,14-15,25H,13H2,1H3,(H,24,26). The molecule has 8 heteroatoms. The van der Waals surface area contributed by atoms with Crippen LogP contribution in [0.25, 0.3) is 11.0 Å². The Bertz CT molecular complexity index is 1330. The average molecular weight is 436 g/mol. The van der Waals surface area contributed by atoms with Crippen molar-refractivity contribution in [3.05, 3.63) is 84.6 Å². The summed E-state index contributed by atoms with van der Waals surface area (Å²) in [6, 6.07) is 20.1. The molecule has 3 aromatic carbocycles. The number of nitrogens with one attached hydrogen (secondary N) is 2. The molecule has 1 amide bonds. The van der Waals surface area contributed by atoms with E-state index in [1.807, 2.05) is 6.07 Å². The van der Waals surface area contributed by atoms with Crippen LogP contribution in [0.1, 0.15) is 5.56 Å². The zero-order valence-corrected chi connectivity index (χ0v) is 17.5. The Kier molecular flexibility index (Phi) is 5.64. The van der Waals surface area contributed by atoms with E-state index in [0.29, 0.717) is 17.0 Å². The Hall–Kier alpha value is -3.78. The van der Waals surface area contributed by atoms with Crippen molar-refractivity contribution in [3.8, 4) is 5.75 Å². The first kappa shape index (κ1) is 20.5. The fourth-order valence-electron chi connectivity index (χ4n) is 3.18. The molecule has 0 aliphatic rings. The van der Waals surface area contributed by atoms with Gasteiger partial charge in [0.05, 0.1) is 36.1 Å². The minimum absolute atomic E-state index is 0.0685. The summed E-state index contributed by atoms with van der Waals surface area (Å²) < 4.78 is 38.5. The number of amides is 1. The second-order valence-electron chi connectivity index (χ2n) is 6.81. The fourth-order valence-corrected chi connectivity index (χ4v) is 4.28. The van der Waals surface area contributed by atoms with Crippen LogP contribution >= 0.6 is 0 Å². The molecule has 4 rings (SSSR count). The molecule has 0 unspecified atom stereocenters. The van der Waals surface area contributed by atoms with Gasteiger partial charge in [-0.2, -0.15) is 0 Å². The number of carbonyl (C=O) groups excluding carboxylic acids is 1. The number of hydrogen-bond donors (Lipinski definition) is 2. The van der Waals surface area contributed by atoms with E-state index < -0.39 is 10.0 Å². The molecule has 0 saturated heterocycles. The number of benzene rings is 3. The second kappa shape index (κ2) is 8.53. The van der Waals surface area contributed by atoms with Crippen LogP contribution in [0, 0.1) is 0 Å². The van der Waals surface area contributed by atoms with Gasteiger partial charge < -0.3 is 14.5 Å². The third kappa shape index (κ3) is 4.54. The number of methoxy groups -OCH3 is 1. The number of sulfonamides is 1. The van der Waals surface area contributed by atoms with E-state index in [1.54, 1.807) is 61.7 Å². The molecular weight excluding hydrogens is 416 g/mol. The number of para-hydroxylation sites is 2. The van der Waals surface area contributed by atoms with Crippen molar-refractivity contribution in [2.45, 2.75) is 11.3 Å². The summed E-state index contributed by atoms with van der Waals surface area (Å²) in [4.78, 5) is 12.8.